The van der Waals surface area contributed by atoms with Gasteiger partial charge in [0.1, 0.15) is 30.3 Å². The van der Waals surface area contributed by atoms with Crippen molar-refractivity contribution in [1.82, 2.24) is 24.6 Å². The fourth-order valence-corrected chi connectivity index (χ4v) is 5.88. The van der Waals surface area contributed by atoms with Crippen molar-refractivity contribution in [2.24, 2.45) is 0 Å². The summed E-state index contributed by atoms with van der Waals surface area (Å²) in [5, 5.41) is 8.00. The number of amides is 2. The lowest BCUT2D eigenvalue weighted by Crippen LogP contribution is -2.42. The van der Waals surface area contributed by atoms with Crippen molar-refractivity contribution in [3.63, 3.8) is 0 Å². The van der Waals surface area contributed by atoms with Gasteiger partial charge < -0.3 is 29.3 Å². The molecular weight excluding hydrogens is 564 g/mol. The van der Waals surface area contributed by atoms with Gasteiger partial charge in [0.05, 0.1) is 25.0 Å². The number of carbonyl (C=O) groups is 2. The highest BCUT2D eigenvalue weighted by molar-refractivity contribution is 5.92. The van der Waals surface area contributed by atoms with Crippen LogP contribution in [0.25, 0.3) is 0 Å². The quantitative estimate of drug-likeness (QED) is 0.447. The Kier molecular flexibility index (Phi) is 8.06. The van der Waals surface area contributed by atoms with Crippen molar-refractivity contribution in [2.45, 2.75) is 59.2 Å². The molecular formula is C31H40N8O5. The summed E-state index contributed by atoms with van der Waals surface area (Å²) in [5.74, 6) is 1.83. The molecule has 3 aromatic rings. The van der Waals surface area contributed by atoms with Crippen LogP contribution in [0, 0.1) is 6.92 Å². The Labute approximate surface area is 257 Å². The molecule has 234 valence electrons. The van der Waals surface area contributed by atoms with Crippen molar-refractivity contribution in [3.8, 4) is 5.88 Å². The Morgan fingerprint density at radius 2 is 1.89 bits per heavy atom. The first-order valence-electron chi connectivity index (χ1n) is 15.1. The van der Waals surface area contributed by atoms with Gasteiger partial charge in [0.15, 0.2) is 5.82 Å². The molecule has 0 bridgehead atoms. The van der Waals surface area contributed by atoms with Crippen LogP contribution in [0.2, 0.25) is 0 Å². The van der Waals surface area contributed by atoms with Crippen LogP contribution < -0.4 is 19.9 Å². The molecule has 0 aliphatic carbocycles. The van der Waals surface area contributed by atoms with Crippen LogP contribution in [-0.2, 0) is 40.2 Å². The van der Waals surface area contributed by atoms with Gasteiger partial charge in [-0.1, -0.05) is 0 Å². The molecule has 0 saturated heterocycles. The minimum absolute atomic E-state index is 0.0372. The molecule has 0 radical (unpaired) electrons. The second-order valence-electron chi connectivity index (χ2n) is 12.3. The lowest BCUT2D eigenvalue weighted by molar-refractivity contribution is -0.132. The summed E-state index contributed by atoms with van der Waals surface area (Å²) >= 11 is 0. The number of fused-ring (bicyclic) bond motifs is 3. The average Bonchev–Trinajstić information content (AvgIpc) is 3.29. The van der Waals surface area contributed by atoms with Gasteiger partial charge in [-0.3, -0.25) is 14.4 Å². The molecule has 3 aliphatic rings. The number of aromatic nitrogens is 4. The number of anilines is 4. The first-order chi connectivity index (χ1) is 21.1. The molecule has 6 rings (SSSR count). The monoisotopic (exact) mass is 604 g/mol. The lowest BCUT2D eigenvalue weighted by Gasteiger charge is -2.35. The summed E-state index contributed by atoms with van der Waals surface area (Å²) < 4.78 is 18.4. The third-order valence-electron chi connectivity index (χ3n) is 8.08. The zero-order valence-electron chi connectivity index (χ0n) is 26.1. The number of ether oxygens (including phenoxy) is 3. The second-order valence-corrected chi connectivity index (χ2v) is 12.3. The Hall–Kier alpha value is -4.39. The summed E-state index contributed by atoms with van der Waals surface area (Å²) in [7, 11) is 1.64. The van der Waals surface area contributed by atoms with E-state index in [1.54, 1.807) is 16.7 Å². The van der Waals surface area contributed by atoms with Crippen molar-refractivity contribution < 1.29 is 23.8 Å². The number of hydrogen-bond acceptors (Lipinski definition) is 10. The van der Waals surface area contributed by atoms with Crippen LogP contribution in [0.4, 0.5) is 27.8 Å². The number of nitrogens with zero attached hydrogens (tertiary/aromatic N) is 7. The highest BCUT2D eigenvalue weighted by atomic mass is 16.6. The van der Waals surface area contributed by atoms with Crippen LogP contribution >= 0.6 is 0 Å². The van der Waals surface area contributed by atoms with Gasteiger partial charge in [-0.05, 0) is 51.3 Å². The lowest BCUT2D eigenvalue weighted by atomic mass is 10.0. The summed E-state index contributed by atoms with van der Waals surface area (Å²) in [6, 6.07) is 4.04. The molecule has 2 amide bonds. The van der Waals surface area contributed by atoms with Crippen molar-refractivity contribution in [3.05, 3.63) is 46.9 Å². The summed E-state index contributed by atoms with van der Waals surface area (Å²) in [6.45, 7) is 11.7. The molecule has 0 saturated carbocycles. The molecule has 0 spiro atoms. The van der Waals surface area contributed by atoms with E-state index >= 15 is 0 Å². The Balaban J connectivity index is 1.18. The van der Waals surface area contributed by atoms with E-state index in [4.69, 9.17) is 14.2 Å². The molecule has 44 heavy (non-hydrogen) atoms. The second kappa shape index (κ2) is 11.9. The van der Waals surface area contributed by atoms with E-state index in [2.05, 4.69) is 31.3 Å². The Morgan fingerprint density at radius 3 is 2.68 bits per heavy atom. The van der Waals surface area contributed by atoms with Gasteiger partial charge in [0.2, 0.25) is 11.8 Å². The molecule has 3 aliphatic heterocycles. The predicted molar refractivity (Wildman–Crippen MR) is 165 cm³/mol. The highest BCUT2D eigenvalue weighted by Gasteiger charge is 2.33. The van der Waals surface area contributed by atoms with Crippen molar-refractivity contribution in [2.75, 3.05) is 61.6 Å². The van der Waals surface area contributed by atoms with Crippen LogP contribution in [0.15, 0.2) is 24.5 Å². The maximum atomic E-state index is 13.1. The topological polar surface area (TPSA) is 127 Å². The van der Waals surface area contributed by atoms with E-state index in [0.717, 1.165) is 41.9 Å². The molecule has 0 fully saturated rings. The molecule has 1 N–H and O–H groups in total. The van der Waals surface area contributed by atoms with E-state index < -0.39 is 11.7 Å². The van der Waals surface area contributed by atoms with Crippen LogP contribution in [-0.4, -0.2) is 88.8 Å². The molecule has 0 atom stereocenters. The van der Waals surface area contributed by atoms with Crippen molar-refractivity contribution >= 4 is 35.0 Å². The zero-order valence-corrected chi connectivity index (χ0v) is 26.1. The number of rotatable bonds is 6. The van der Waals surface area contributed by atoms with Gasteiger partial charge in [-0.15, -0.1) is 0 Å². The van der Waals surface area contributed by atoms with Crippen molar-refractivity contribution in [1.29, 1.82) is 0 Å². The zero-order chi connectivity index (χ0) is 31.0. The normalized spacial score (nSPS) is 16.5. The number of hydrogen-bond donors (Lipinski definition) is 1. The van der Waals surface area contributed by atoms with Gasteiger partial charge in [-0.2, -0.15) is 5.10 Å². The van der Waals surface area contributed by atoms with Gasteiger partial charge in [-0.25, -0.2) is 14.8 Å². The highest BCUT2D eigenvalue weighted by Crippen LogP contribution is 2.40. The Bertz CT molecular complexity index is 1570. The molecule has 0 aromatic carbocycles. The number of carbonyl (C=O) groups excluding carboxylic acids is 2. The first kappa shape index (κ1) is 29.7. The van der Waals surface area contributed by atoms with Gasteiger partial charge >= 0.3 is 6.09 Å². The molecule has 13 heteroatoms. The van der Waals surface area contributed by atoms with E-state index in [-0.39, 0.29) is 12.5 Å². The maximum absolute atomic E-state index is 13.1. The van der Waals surface area contributed by atoms with Crippen LogP contribution in [0.3, 0.4) is 0 Å². The minimum Gasteiger partial charge on any atom is -0.474 e. The van der Waals surface area contributed by atoms with E-state index in [1.165, 1.54) is 5.56 Å². The first-order valence-corrected chi connectivity index (χ1v) is 15.1. The molecule has 13 nitrogen and oxygen atoms in total. The summed E-state index contributed by atoms with van der Waals surface area (Å²) in [6.07, 6.45) is 4.89. The smallest absolute Gasteiger partial charge is 0.415 e. The Morgan fingerprint density at radius 1 is 1.05 bits per heavy atom. The average molecular weight is 605 g/mol. The third kappa shape index (κ3) is 6.14. The number of pyridine rings is 2. The fourth-order valence-electron chi connectivity index (χ4n) is 5.88. The number of nitrogens with one attached hydrogen (secondary N) is 1. The van der Waals surface area contributed by atoms with E-state index in [9.17, 15) is 9.59 Å². The summed E-state index contributed by atoms with van der Waals surface area (Å²) in [4.78, 5) is 40.8. The fraction of sp³-hybridized carbons (Fsp3) is 0.516. The van der Waals surface area contributed by atoms with E-state index in [1.807, 2.05) is 51.1 Å². The SMILES string of the molecule is COCCN1CCc2cc(Nc3cc4c(cn3)CCN(c3cnc5c(c3C)N(C(=O)OC(C)(C)C)CCO5)C4)nn2CC1=O. The standard InChI is InChI=1S/C31H40N8O5/c1-20-24(17-33-29-28(20)38(11-13-43-29)30(41)44-31(2,3)4)37-8-6-21-16-32-25(14-22(21)18-37)34-26-15-23-7-9-36(10-12-42-5)27(40)19-39(23)35-26/h14-17H,6-13,18-19H2,1-5H3,(H,32,34,35). The summed E-state index contributed by atoms with van der Waals surface area (Å²) in [5.41, 5.74) is 5.26. The molecule has 0 unspecified atom stereocenters. The third-order valence-corrected chi connectivity index (χ3v) is 8.08. The van der Waals surface area contributed by atoms with Gasteiger partial charge in [0, 0.05) is 63.2 Å². The van der Waals surface area contributed by atoms with Crippen LogP contribution in [0.5, 0.6) is 5.88 Å². The minimum atomic E-state index is -0.608. The molecule has 6 heterocycles. The largest absolute Gasteiger partial charge is 0.474 e. The predicted octanol–water partition coefficient (Wildman–Crippen LogP) is 3.45. The number of methoxy groups -OCH3 is 1. The van der Waals surface area contributed by atoms with Gasteiger partial charge in [0.25, 0.3) is 0 Å². The maximum Gasteiger partial charge on any atom is 0.415 e. The molecule has 3 aromatic heterocycles. The van der Waals surface area contributed by atoms with Crippen LogP contribution in [0.1, 0.15) is 43.2 Å². The van der Waals surface area contributed by atoms with E-state index in [0.29, 0.717) is 62.6 Å².